The maximum atomic E-state index is 11.9. The summed E-state index contributed by atoms with van der Waals surface area (Å²) in [6.45, 7) is 3.73. The molecular weight excluding hydrogens is 254 g/mol. The summed E-state index contributed by atoms with van der Waals surface area (Å²) in [6.07, 6.45) is -0.0933. The van der Waals surface area contributed by atoms with E-state index in [4.69, 9.17) is 16.7 Å². The summed E-state index contributed by atoms with van der Waals surface area (Å²) in [5.74, 6) is -1.19. The van der Waals surface area contributed by atoms with Crippen molar-refractivity contribution in [3.63, 3.8) is 0 Å². The molecule has 1 unspecified atom stereocenters. The van der Waals surface area contributed by atoms with E-state index < -0.39 is 12.0 Å². The highest BCUT2D eigenvalue weighted by atomic mass is 35.5. The molecule has 0 aliphatic rings. The summed E-state index contributed by atoms with van der Waals surface area (Å²) in [7, 11) is 0. The Hall–Kier alpha value is -1.55. The van der Waals surface area contributed by atoms with Crippen molar-refractivity contribution >= 4 is 23.5 Å². The molecular formula is C13H16ClNO3. The van der Waals surface area contributed by atoms with Crippen LogP contribution in [0, 0.1) is 5.92 Å². The van der Waals surface area contributed by atoms with Gasteiger partial charge in [-0.1, -0.05) is 31.5 Å². The Kier molecular flexibility index (Phi) is 5.16. The van der Waals surface area contributed by atoms with Crippen molar-refractivity contribution in [1.82, 2.24) is 5.32 Å². The minimum Gasteiger partial charge on any atom is -0.481 e. The first-order chi connectivity index (χ1) is 8.40. The lowest BCUT2D eigenvalue weighted by Crippen LogP contribution is -2.40. The SMILES string of the molecule is CC(C)C(CC(=O)O)NC(=O)c1cccc(Cl)c1. The minimum atomic E-state index is -0.930. The third-order valence-electron chi connectivity index (χ3n) is 2.60. The van der Waals surface area contributed by atoms with E-state index in [1.165, 1.54) is 0 Å². The largest absolute Gasteiger partial charge is 0.481 e. The van der Waals surface area contributed by atoms with Crippen LogP contribution >= 0.6 is 11.6 Å². The van der Waals surface area contributed by atoms with Gasteiger partial charge in [0.25, 0.3) is 5.91 Å². The maximum Gasteiger partial charge on any atom is 0.305 e. The minimum absolute atomic E-state index is 0.0456. The van der Waals surface area contributed by atoms with Crippen molar-refractivity contribution in [2.75, 3.05) is 0 Å². The number of carboxylic acids is 1. The Morgan fingerprint density at radius 2 is 2.06 bits per heavy atom. The molecule has 0 bridgehead atoms. The summed E-state index contributed by atoms with van der Waals surface area (Å²) < 4.78 is 0. The maximum absolute atomic E-state index is 11.9. The number of hydrogen-bond acceptors (Lipinski definition) is 2. The van der Waals surface area contributed by atoms with Gasteiger partial charge in [0, 0.05) is 16.6 Å². The van der Waals surface area contributed by atoms with Crippen LogP contribution in [0.2, 0.25) is 5.02 Å². The number of hydrogen-bond donors (Lipinski definition) is 2. The van der Waals surface area contributed by atoms with E-state index in [0.717, 1.165) is 0 Å². The van der Waals surface area contributed by atoms with Crippen molar-refractivity contribution in [3.8, 4) is 0 Å². The molecule has 4 nitrogen and oxygen atoms in total. The Bertz CT molecular complexity index is 446. The molecule has 0 heterocycles. The molecule has 18 heavy (non-hydrogen) atoms. The van der Waals surface area contributed by atoms with E-state index in [-0.39, 0.29) is 18.2 Å². The van der Waals surface area contributed by atoms with Gasteiger partial charge in [-0.25, -0.2) is 0 Å². The van der Waals surface area contributed by atoms with Crippen molar-refractivity contribution in [2.24, 2.45) is 5.92 Å². The van der Waals surface area contributed by atoms with Gasteiger partial charge in [-0.15, -0.1) is 0 Å². The first-order valence-electron chi connectivity index (χ1n) is 5.68. The fourth-order valence-corrected chi connectivity index (χ4v) is 1.71. The molecule has 0 aromatic heterocycles. The van der Waals surface area contributed by atoms with E-state index in [9.17, 15) is 9.59 Å². The molecule has 0 aliphatic heterocycles. The highest BCUT2D eigenvalue weighted by Gasteiger charge is 2.20. The summed E-state index contributed by atoms with van der Waals surface area (Å²) >= 11 is 5.80. The van der Waals surface area contributed by atoms with Crippen LogP contribution < -0.4 is 5.32 Å². The molecule has 1 aromatic rings. The van der Waals surface area contributed by atoms with E-state index in [1.54, 1.807) is 24.3 Å². The average molecular weight is 270 g/mol. The summed E-state index contributed by atoms with van der Waals surface area (Å²) in [5.41, 5.74) is 0.429. The van der Waals surface area contributed by atoms with Gasteiger partial charge in [-0.05, 0) is 24.1 Å². The van der Waals surface area contributed by atoms with Crippen LogP contribution in [0.4, 0.5) is 0 Å². The normalized spacial score (nSPS) is 12.2. The third kappa shape index (κ3) is 4.37. The smallest absolute Gasteiger partial charge is 0.305 e. The lowest BCUT2D eigenvalue weighted by molar-refractivity contribution is -0.137. The predicted molar refractivity (Wildman–Crippen MR) is 69.8 cm³/mol. The predicted octanol–water partition coefficient (Wildman–Crippen LogP) is 2.57. The van der Waals surface area contributed by atoms with Gasteiger partial charge < -0.3 is 10.4 Å². The Balaban J connectivity index is 2.75. The second-order valence-corrected chi connectivity index (χ2v) is 4.87. The van der Waals surface area contributed by atoms with Crippen LogP contribution in [0.25, 0.3) is 0 Å². The number of benzene rings is 1. The fraction of sp³-hybridized carbons (Fsp3) is 0.385. The quantitative estimate of drug-likeness (QED) is 0.863. The number of halogens is 1. The highest BCUT2D eigenvalue weighted by molar-refractivity contribution is 6.30. The van der Waals surface area contributed by atoms with Crippen molar-refractivity contribution in [2.45, 2.75) is 26.3 Å². The van der Waals surface area contributed by atoms with Crippen molar-refractivity contribution < 1.29 is 14.7 Å². The zero-order valence-electron chi connectivity index (χ0n) is 10.3. The number of carbonyl (C=O) groups excluding carboxylic acids is 1. The number of nitrogens with one attached hydrogen (secondary N) is 1. The van der Waals surface area contributed by atoms with Crippen LogP contribution in [0.3, 0.4) is 0 Å². The van der Waals surface area contributed by atoms with E-state index in [0.29, 0.717) is 10.6 Å². The molecule has 98 valence electrons. The Labute approximate surface area is 111 Å². The first kappa shape index (κ1) is 14.5. The molecule has 1 aromatic carbocycles. The average Bonchev–Trinajstić information content (AvgIpc) is 2.27. The topological polar surface area (TPSA) is 66.4 Å². The summed E-state index contributed by atoms with van der Waals surface area (Å²) in [4.78, 5) is 22.6. The standard InChI is InChI=1S/C13H16ClNO3/c1-8(2)11(7-12(16)17)15-13(18)9-4-3-5-10(14)6-9/h3-6,8,11H,7H2,1-2H3,(H,15,18)(H,16,17). The first-order valence-corrected chi connectivity index (χ1v) is 6.06. The Morgan fingerprint density at radius 3 is 2.56 bits per heavy atom. The van der Waals surface area contributed by atoms with E-state index in [2.05, 4.69) is 5.32 Å². The molecule has 2 N–H and O–H groups in total. The lowest BCUT2D eigenvalue weighted by atomic mass is 10.0. The van der Waals surface area contributed by atoms with Crippen LogP contribution in [0.1, 0.15) is 30.6 Å². The molecule has 0 radical (unpaired) electrons. The number of amides is 1. The van der Waals surface area contributed by atoms with Crippen molar-refractivity contribution in [1.29, 1.82) is 0 Å². The molecule has 1 atom stereocenters. The van der Waals surface area contributed by atoms with E-state index in [1.807, 2.05) is 13.8 Å². The van der Waals surface area contributed by atoms with Gasteiger partial charge in [0.1, 0.15) is 0 Å². The molecule has 1 amide bonds. The molecule has 0 fully saturated rings. The zero-order valence-corrected chi connectivity index (χ0v) is 11.1. The van der Waals surface area contributed by atoms with Gasteiger partial charge in [-0.2, -0.15) is 0 Å². The van der Waals surface area contributed by atoms with Crippen LogP contribution in [0.15, 0.2) is 24.3 Å². The van der Waals surface area contributed by atoms with Crippen LogP contribution in [-0.4, -0.2) is 23.0 Å². The van der Waals surface area contributed by atoms with Crippen molar-refractivity contribution in [3.05, 3.63) is 34.9 Å². The van der Waals surface area contributed by atoms with Crippen LogP contribution in [0.5, 0.6) is 0 Å². The number of aliphatic carboxylic acids is 1. The molecule has 0 aliphatic carbocycles. The van der Waals surface area contributed by atoms with Gasteiger partial charge in [0.05, 0.1) is 6.42 Å². The number of carbonyl (C=O) groups is 2. The van der Waals surface area contributed by atoms with Gasteiger partial charge in [0.2, 0.25) is 0 Å². The second-order valence-electron chi connectivity index (χ2n) is 4.43. The number of rotatable bonds is 5. The van der Waals surface area contributed by atoms with E-state index >= 15 is 0 Å². The molecule has 1 rings (SSSR count). The highest BCUT2D eigenvalue weighted by Crippen LogP contribution is 2.12. The fourth-order valence-electron chi connectivity index (χ4n) is 1.52. The Morgan fingerprint density at radius 1 is 1.39 bits per heavy atom. The summed E-state index contributed by atoms with van der Waals surface area (Å²) in [6, 6.07) is 6.15. The van der Waals surface area contributed by atoms with Gasteiger partial charge in [-0.3, -0.25) is 9.59 Å². The van der Waals surface area contributed by atoms with Crippen LogP contribution in [-0.2, 0) is 4.79 Å². The second kappa shape index (κ2) is 6.40. The molecule has 0 saturated carbocycles. The van der Waals surface area contributed by atoms with Gasteiger partial charge in [0.15, 0.2) is 0 Å². The zero-order chi connectivity index (χ0) is 13.7. The molecule has 0 spiro atoms. The monoisotopic (exact) mass is 269 g/mol. The summed E-state index contributed by atoms with van der Waals surface area (Å²) in [5, 5.41) is 12.0. The lowest BCUT2D eigenvalue weighted by Gasteiger charge is -2.20. The third-order valence-corrected chi connectivity index (χ3v) is 2.84. The molecule has 5 heteroatoms. The number of carboxylic acid groups (broad SMARTS) is 1. The molecule has 0 saturated heterocycles. The van der Waals surface area contributed by atoms with Gasteiger partial charge >= 0.3 is 5.97 Å².